The summed E-state index contributed by atoms with van der Waals surface area (Å²) in [5, 5.41) is 9.28. The van der Waals surface area contributed by atoms with Crippen molar-refractivity contribution in [1.29, 1.82) is 0 Å². The van der Waals surface area contributed by atoms with Gasteiger partial charge in [-0.3, -0.25) is 0 Å². The third-order valence-corrected chi connectivity index (χ3v) is 3.95. The van der Waals surface area contributed by atoms with E-state index in [0.717, 1.165) is 9.21 Å². The SMILES string of the molecule is Cc1ccnc(N(C)Cc2ccc(Cl)s2)c1C(=O)O. The quantitative estimate of drug-likeness (QED) is 0.939. The Morgan fingerprint density at radius 3 is 2.79 bits per heavy atom. The first kappa shape index (κ1) is 13.8. The monoisotopic (exact) mass is 296 g/mol. The number of pyridine rings is 1. The van der Waals surface area contributed by atoms with Crippen LogP contribution in [0.1, 0.15) is 20.8 Å². The number of hydrogen-bond acceptors (Lipinski definition) is 4. The number of anilines is 1. The van der Waals surface area contributed by atoms with E-state index in [-0.39, 0.29) is 5.56 Å². The maximum absolute atomic E-state index is 11.3. The second kappa shape index (κ2) is 5.59. The van der Waals surface area contributed by atoms with E-state index in [1.165, 1.54) is 11.3 Å². The summed E-state index contributed by atoms with van der Waals surface area (Å²) in [7, 11) is 1.82. The minimum Gasteiger partial charge on any atom is -0.478 e. The molecule has 100 valence electrons. The molecule has 2 rings (SSSR count). The Bertz CT molecular complexity index is 612. The molecule has 0 aromatic carbocycles. The van der Waals surface area contributed by atoms with Crippen molar-refractivity contribution < 1.29 is 9.90 Å². The molecule has 0 aliphatic rings. The van der Waals surface area contributed by atoms with Crippen molar-refractivity contribution in [3.05, 3.63) is 44.7 Å². The van der Waals surface area contributed by atoms with Gasteiger partial charge < -0.3 is 10.0 Å². The summed E-state index contributed by atoms with van der Waals surface area (Å²) in [4.78, 5) is 18.4. The van der Waals surface area contributed by atoms with Crippen LogP contribution in [0.25, 0.3) is 0 Å². The van der Waals surface area contributed by atoms with Crippen LogP contribution < -0.4 is 4.90 Å². The maximum atomic E-state index is 11.3. The maximum Gasteiger partial charge on any atom is 0.339 e. The van der Waals surface area contributed by atoms with E-state index in [1.54, 1.807) is 19.2 Å². The molecule has 0 atom stereocenters. The van der Waals surface area contributed by atoms with E-state index in [9.17, 15) is 9.90 Å². The van der Waals surface area contributed by atoms with Gasteiger partial charge in [0.15, 0.2) is 0 Å². The van der Waals surface area contributed by atoms with Gasteiger partial charge in [-0.15, -0.1) is 11.3 Å². The van der Waals surface area contributed by atoms with Crippen LogP contribution in [0.2, 0.25) is 4.34 Å². The Morgan fingerprint density at radius 2 is 2.21 bits per heavy atom. The normalized spacial score (nSPS) is 10.5. The fraction of sp³-hybridized carbons (Fsp3) is 0.231. The highest BCUT2D eigenvalue weighted by molar-refractivity contribution is 7.16. The number of aryl methyl sites for hydroxylation is 1. The molecule has 0 fully saturated rings. The van der Waals surface area contributed by atoms with Gasteiger partial charge in [0, 0.05) is 18.1 Å². The fourth-order valence-corrected chi connectivity index (χ4v) is 2.98. The molecule has 2 aromatic heterocycles. The van der Waals surface area contributed by atoms with E-state index in [2.05, 4.69) is 4.98 Å². The number of aromatic carboxylic acids is 1. The second-order valence-electron chi connectivity index (χ2n) is 4.19. The predicted molar refractivity (Wildman–Crippen MR) is 77.4 cm³/mol. The lowest BCUT2D eigenvalue weighted by Crippen LogP contribution is -2.21. The highest BCUT2D eigenvalue weighted by Crippen LogP contribution is 2.26. The molecule has 0 amide bonds. The zero-order chi connectivity index (χ0) is 14.0. The number of carboxylic acids is 1. The molecular weight excluding hydrogens is 284 g/mol. The van der Waals surface area contributed by atoms with Crippen LogP contribution in [-0.4, -0.2) is 23.1 Å². The van der Waals surface area contributed by atoms with Gasteiger partial charge >= 0.3 is 5.97 Å². The molecule has 0 aliphatic carbocycles. The van der Waals surface area contributed by atoms with Crippen LogP contribution in [0.15, 0.2) is 24.4 Å². The van der Waals surface area contributed by atoms with E-state index in [1.807, 2.05) is 24.1 Å². The average molecular weight is 297 g/mol. The van der Waals surface area contributed by atoms with Gasteiger partial charge in [0.1, 0.15) is 11.4 Å². The van der Waals surface area contributed by atoms with Crippen molar-refractivity contribution in [2.24, 2.45) is 0 Å². The summed E-state index contributed by atoms with van der Waals surface area (Å²) in [6.45, 7) is 2.35. The molecule has 0 unspecified atom stereocenters. The lowest BCUT2D eigenvalue weighted by atomic mass is 10.1. The molecule has 0 spiro atoms. The van der Waals surface area contributed by atoms with Gasteiger partial charge in [-0.1, -0.05) is 11.6 Å². The molecule has 6 heteroatoms. The minimum absolute atomic E-state index is 0.243. The van der Waals surface area contributed by atoms with Crippen molar-refractivity contribution >= 4 is 34.7 Å². The first-order chi connectivity index (χ1) is 8.99. The number of carbonyl (C=O) groups is 1. The summed E-state index contributed by atoms with van der Waals surface area (Å²) in [5.74, 6) is -0.492. The first-order valence-electron chi connectivity index (χ1n) is 5.63. The summed E-state index contributed by atoms with van der Waals surface area (Å²) >= 11 is 7.36. The van der Waals surface area contributed by atoms with Crippen molar-refractivity contribution in [3.63, 3.8) is 0 Å². The van der Waals surface area contributed by atoms with E-state index in [0.29, 0.717) is 17.9 Å². The Labute approximate surface area is 120 Å². The van der Waals surface area contributed by atoms with Crippen molar-refractivity contribution in [3.8, 4) is 0 Å². The Kier molecular flexibility index (Phi) is 4.07. The molecule has 2 heterocycles. The predicted octanol–water partition coefficient (Wildman–Crippen LogP) is 3.44. The Hall–Kier alpha value is -1.59. The Morgan fingerprint density at radius 1 is 1.47 bits per heavy atom. The molecule has 0 aliphatic heterocycles. The van der Waals surface area contributed by atoms with E-state index >= 15 is 0 Å². The molecule has 2 aromatic rings. The highest BCUT2D eigenvalue weighted by atomic mass is 35.5. The zero-order valence-corrected chi connectivity index (χ0v) is 12.1. The molecule has 0 bridgehead atoms. The topological polar surface area (TPSA) is 53.4 Å². The van der Waals surface area contributed by atoms with Gasteiger partial charge in [-0.25, -0.2) is 9.78 Å². The molecular formula is C13H13ClN2O2S. The van der Waals surface area contributed by atoms with Gasteiger partial charge in [0.05, 0.1) is 10.9 Å². The van der Waals surface area contributed by atoms with Gasteiger partial charge in [0.2, 0.25) is 0 Å². The number of halogens is 1. The number of hydrogen-bond donors (Lipinski definition) is 1. The number of aromatic nitrogens is 1. The lowest BCUT2D eigenvalue weighted by Gasteiger charge is -2.20. The van der Waals surface area contributed by atoms with Crippen LogP contribution in [0, 0.1) is 6.92 Å². The third-order valence-electron chi connectivity index (χ3n) is 2.74. The lowest BCUT2D eigenvalue weighted by molar-refractivity contribution is 0.0696. The van der Waals surface area contributed by atoms with Crippen molar-refractivity contribution in [2.75, 3.05) is 11.9 Å². The zero-order valence-electron chi connectivity index (χ0n) is 10.6. The van der Waals surface area contributed by atoms with Crippen LogP contribution in [0.3, 0.4) is 0 Å². The number of rotatable bonds is 4. The first-order valence-corrected chi connectivity index (χ1v) is 6.82. The summed E-state index contributed by atoms with van der Waals surface area (Å²) in [6.07, 6.45) is 1.62. The van der Waals surface area contributed by atoms with Crippen LogP contribution in [-0.2, 0) is 6.54 Å². The standard InChI is InChI=1S/C13H13ClN2O2S/c1-8-5-6-15-12(11(8)13(17)18)16(2)7-9-3-4-10(14)19-9/h3-6H,7H2,1-2H3,(H,17,18). The fourth-order valence-electron chi connectivity index (χ4n) is 1.84. The van der Waals surface area contributed by atoms with Gasteiger partial charge in [-0.05, 0) is 30.7 Å². The average Bonchev–Trinajstić information content (AvgIpc) is 2.73. The molecule has 4 nitrogen and oxygen atoms in total. The van der Waals surface area contributed by atoms with E-state index in [4.69, 9.17) is 11.6 Å². The largest absolute Gasteiger partial charge is 0.478 e. The summed E-state index contributed by atoms with van der Waals surface area (Å²) < 4.78 is 0.721. The second-order valence-corrected chi connectivity index (χ2v) is 5.99. The molecule has 0 saturated carbocycles. The molecule has 19 heavy (non-hydrogen) atoms. The number of carboxylic acid groups (broad SMARTS) is 1. The molecule has 0 radical (unpaired) electrons. The number of thiophene rings is 1. The van der Waals surface area contributed by atoms with Crippen molar-refractivity contribution in [2.45, 2.75) is 13.5 Å². The van der Waals surface area contributed by atoms with Gasteiger partial charge in [-0.2, -0.15) is 0 Å². The highest BCUT2D eigenvalue weighted by Gasteiger charge is 2.18. The van der Waals surface area contributed by atoms with E-state index < -0.39 is 5.97 Å². The summed E-state index contributed by atoms with van der Waals surface area (Å²) in [5.41, 5.74) is 0.946. The van der Waals surface area contributed by atoms with Crippen molar-refractivity contribution in [1.82, 2.24) is 4.98 Å². The third kappa shape index (κ3) is 3.05. The minimum atomic E-state index is -0.961. The summed E-state index contributed by atoms with van der Waals surface area (Å²) in [6, 6.07) is 5.46. The number of nitrogens with zero attached hydrogens (tertiary/aromatic N) is 2. The smallest absolute Gasteiger partial charge is 0.339 e. The van der Waals surface area contributed by atoms with Crippen LogP contribution >= 0.6 is 22.9 Å². The van der Waals surface area contributed by atoms with Crippen LogP contribution in [0.5, 0.6) is 0 Å². The molecule has 1 N–H and O–H groups in total. The van der Waals surface area contributed by atoms with Gasteiger partial charge in [0.25, 0.3) is 0 Å². The Balaban J connectivity index is 2.31. The molecule has 0 saturated heterocycles. The van der Waals surface area contributed by atoms with Crippen LogP contribution in [0.4, 0.5) is 5.82 Å².